The van der Waals surface area contributed by atoms with E-state index in [0.29, 0.717) is 27.8 Å². The molecule has 3 aromatic rings. The summed E-state index contributed by atoms with van der Waals surface area (Å²) < 4.78 is 7.46. The quantitative estimate of drug-likeness (QED) is 0.692. The molecule has 2 aromatic carbocycles. The second-order valence-electron chi connectivity index (χ2n) is 6.36. The molecule has 1 aromatic heterocycles. The van der Waals surface area contributed by atoms with Gasteiger partial charge in [-0.1, -0.05) is 17.7 Å². The Hall–Kier alpha value is -2.93. The molecule has 0 saturated carbocycles. The van der Waals surface area contributed by atoms with Gasteiger partial charge in [-0.15, -0.1) is 5.10 Å². The van der Waals surface area contributed by atoms with Crippen LogP contribution in [-0.2, 0) is 6.61 Å². The Labute approximate surface area is 162 Å². The second-order valence-corrected chi connectivity index (χ2v) is 6.80. The van der Waals surface area contributed by atoms with Crippen LogP contribution in [0, 0.1) is 6.92 Å². The number of anilines is 1. The van der Waals surface area contributed by atoms with Gasteiger partial charge in [-0.2, -0.15) is 0 Å². The highest BCUT2D eigenvalue weighted by atomic mass is 35.5. The zero-order chi connectivity index (χ0) is 19.4. The fourth-order valence-corrected chi connectivity index (χ4v) is 2.77. The molecule has 0 aliphatic rings. The summed E-state index contributed by atoms with van der Waals surface area (Å²) in [5, 5.41) is 15.1. The fourth-order valence-electron chi connectivity index (χ4n) is 2.55. The van der Waals surface area contributed by atoms with Crippen LogP contribution in [0.1, 0.15) is 41.6 Å². The number of hydrogen-bond donors (Lipinski definition) is 1. The molecule has 0 aliphatic heterocycles. The van der Waals surface area contributed by atoms with E-state index in [2.05, 4.69) is 20.8 Å². The molecule has 0 bridgehead atoms. The number of nitrogens with zero attached hydrogens (tertiary/aromatic N) is 4. The minimum absolute atomic E-state index is 0.137. The number of nitrogens with one attached hydrogen (secondary N) is 1. The van der Waals surface area contributed by atoms with E-state index < -0.39 is 0 Å². The van der Waals surface area contributed by atoms with Crippen LogP contribution in [0.3, 0.4) is 0 Å². The van der Waals surface area contributed by atoms with Crippen molar-refractivity contribution in [3.63, 3.8) is 0 Å². The van der Waals surface area contributed by atoms with Crippen molar-refractivity contribution in [2.45, 2.75) is 33.4 Å². The predicted octanol–water partition coefficient (Wildman–Crippen LogP) is 4.05. The van der Waals surface area contributed by atoms with Crippen molar-refractivity contribution >= 4 is 23.2 Å². The highest BCUT2D eigenvalue weighted by molar-refractivity contribution is 6.30. The van der Waals surface area contributed by atoms with Crippen molar-refractivity contribution < 1.29 is 9.53 Å². The van der Waals surface area contributed by atoms with Crippen molar-refractivity contribution in [1.82, 2.24) is 20.2 Å². The monoisotopic (exact) mass is 385 g/mol. The Morgan fingerprint density at radius 1 is 1.26 bits per heavy atom. The van der Waals surface area contributed by atoms with E-state index >= 15 is 0 Å². The number of amides is 1. The number of carbonyl (C=O) groups excluding carboxylic acids is 1. The molecule has 3 rings (SSSR count). The van der Waals surface area contributed by atoms with Gasteiger partial charge in [0.1, 0.15) is 12.4 Å². The first kappa shape index (κ1) is 18.8. The summed E-state index contributed by atoms with van der Waals surface area (Å²) in [6.45, 7) is 6.08. The van der Waals surface area contributed by atoms with Crippen molar-refractivity contribution in [3.05, 3.63) is 64.4 Å². The van der Waals surface area contributed by atoms with Crippen molar-refractivity contribution in [3.8, 4) is 5.75 Å². The number of aromatic nitrogens is 4. The first-order valence-electron chi connectivity index (χ1n) is 8.51. The molecule has 7 nitrogen and oxygen atoms in total. The maximum Gasteiger partial charge on any atom is 0.255 e. The lowest BCUT2D eigenvalue weighted by atomic mass is 10.1. The zero-order valence-electron chi connectivity index (χ0n) is 15.3. The van der Waals surface area contributed by atoms with Crippen molar-refractivity contribution in [2.75, 3.05) is 5.32 Å². The normalized spacial score (nSPS) is 10.9. The maximum absolute atomic E-state index is 12.5. The summed E-state index contributed by atoms with van der Waals surface area (Å²) >= 11 is 5.95. The minimum Gasteiger partial charge on any atom is -0.486 e. The molecule has 0 spiro atoms. The average molecular weight is 386 g/mol. The van der Waals surface area contributed by atoms with Crippen LogP contribution in [0.4, 0.5) is 5.69 Å². The summed E-state index contributed by atoms with van der Waals surface area (Å²) in [6, 6.07) is 12.4. The molecule has 0 fully saturated rings. The van der Waals surface area contributed by atoms with Gasteiger partial charge >= 0.3 is 0 Å². The van der Waals surface area contributed by atoms with Crippen molar-refractivity contribution in [1.29, 1.82) is 0 Å². The SMILES string of the molecule is Cc1cc(Cl)ccc1NC(=O)c1cccc(OCc2nnnn2C(C)C)c1. The Bertz CT molecular complexity index is 955. The third-order valence-corrected chi connectivity index (χ3v) is 4.19. The van der Waals surface area contributed by atoms with Crippen LogP contribution in [-0.4, -0.2) is 26.1 Å². The standard InChI is InChI=1S/C19H20ClN5O2/c1-12(2)25-18(22-23-24-25)11-27-16-6-4-5-14(10-16)19(26)21-17-8-7-15(20)9-13(17)3/h4-10,12H,11H2,1-3H3,(H,21,26). The van der Waals surface area contributed by atoms with Gasteiger partial charge in [0.05, 0.1) is 6.04 Å². The highest BCUT2D eigenvalue weighted by Crippen LogP contribution is 2.21. The average Bonchev–Trinajstić information content (AvgIpc) is 3.11. The van der Waals surface area contributed by atoms with Gasteiger partial charge in [0.25, 0.3) is 5.91 Å². The molecule has 0 aliphatic carbocycles. The molecule has 1 N–H and O–H groups in total. The molecule has 140 valence electrons. The molecule has 0 radical (unpaired) electrons. The van der Waals surface area contributed by atoms with E-state index in [1.807, 2.05) is 20.8 Å². The summed E-state index contributed by atoms with van der Waals surface area (Å²) in [7, 11) is 0. The summed E-state index contributed by atoms with van der Waals surface area (Å²) in [4.78, 5) is 12.5. The molecular formula is C19H20ClN5O2. The number of tetrazole rings is 1. The smallest absolute Gasteiger partial charge is 0.255 e. The lowest BCUT2D eigenvalue weighted by Crippen LogP contribution is -2.13. The van der Waals surface area contributed by atoms with Gasteiger partial charge in [0.15, 0.2) is 5.82 Å². The van der Waals surface area contributed by atoms with Gasteiger partial charge in [0.2, 0.25) is 0 Å². The predicted molar refractivity (Wildman–Crippen MR) is 103 cm³/mol. The lowest BCUT2D eigenvalue weighted by Gasteiger charge is -2.11. The van der Waals surface area contributed by atoms with Gasteiger partial charge in [-0.25, -0.2) is 4.68 Å². The van der Waals surface area contributed by atoms with E-state index in [0.717, 1.165) is 5.56 Å². The molecule has 1 amide bonds. The first-order valence-corrected chi connectivity index (χ1v) is 8.89. The van der Waals surface area contributed by atoms with Crippen LogP contribution in [0.2, 0.25) is 5.02 Å². The van der Waals surface area contributed by atoms with Crippen LogP contribution >= 0.6 is 11.6 Å². The molecule has 0 atom stereocenters. The summed E-state index contributed by atoms with van der Waals surface area (Å²) in [5.74, 6) is 0.961. The number of halogens is 1. The number of benzene rings is 2. The largest absolute Gasteiger partial charge is 0.486 e. The number of rotatable bonds is 6. The number of ether oxygens (including phenoxy) is 1. The minimum atomic E-state index is -0.224. The van der Waals surface area contributed by atoms with Gasteiger partial charge in [0, 0.05) is 16.3 Å². The van der Waals surface area contributed by atoms with Gasteiger partial charge in [-0.3, -0.25) is 4.79 Å². The zero-order valence-corrected chi connectivity index (χ0v) is 16.1. The lowest BCUT2D eigenvalue weighted by molar-refractivity contribution is 0.102. The molecular weight excluding hydrogens is 366 g/mol. The van der Waals surface area contributed by atoms with Gasteiger partial charge in [-0.05, 0) is 73.2 Å². The number of aryl methyl sites for hydroxylation is 1. The third kappa shape index (κ3) is 4.62. The maximum atomic E-state index is 12.5. The summed E-state index contributed by atoms with van der Waals surface area (Å²) in [5.41, 5.74) is 2.10. The molecule has 1 heterocycles. The highest BCUT2D eigenvalue weighted by Gasteiger charge is 2.12. The van der Waals surface area contributed by atoms with E-state index in [9.17, 15) is 4.79 Å². The van der Waals surface area contributed by atoms with Crippen molar-refractivity contribution in [2.24, 2.45) is 0 Å². The van der Waals surface area contributed by atoms with E-state index in [-0.39, 0.29) is 18.6 Å². The number of carbonyl (C=O) groups is 1. The van der Waals surface area contributed by atoms with Crippen LogP contribution in [0.15, 0.2) is 42.5 Å². The molecule has 27 heavy (non-hydrogen) atoms. The molecule has 0 saturated heterocycles. The van der Waals surface area contributed by atoms with Crippen LogP contribution in [0.5, 0.6) is 5.75 Å². The third-order valence-electron chi connectivity index (χ3n) is 3.95. The van der Waals surface area contributed by atoms with Gasteiger partial charge < -0.3 is 10.1 Å². The Kier molecular flexibility index (Phi) is 5.71. The second kappa shape index (κ2) is 8.18. The molecule has 8 heteroatoms. The topological polar surface area (TPSA) is 81.9 Å². The summed E-state index contributed by atoms with van der Waals surface area (Å²) in [6.07, 6.45) is 0. The van der Waals surface area contributed by atoms with E-state index in [1.54, 1.807) is 47.1 Å². The molecule has 0 unspecified atom stereocenters. The fraction of sp³-hybridized carbons (Fsp3) is 0.263. The van der Waals surface area contributed by atoms with Crippen LogP contribution < -0.4 is 10.1 Å². The first-order chi connectivity index (χ1) is 12.9. The van der Waals surface area contributed by atoms with E-state index in [1.165, 1.54) is 0 Å². The van der Waals surface area contributed by atoms with E-state index in [4.69, 9.17) is 16.3 Å². The van der Waals surface area contributed by atoms with Crippen LogP contribution in [0.25, 0.3) is 0 Å². The Balaban J connectivity index is 1.69. The Morgan fingerprint density at radius 3 is 2.81 bits per heavy atom. The Morgan fingerprint density at radius 2 is 2.07 bits per heavy atom. The number of hydrogen-bond acceptors (Lipinski definition) is 5.